The van der Waals surface area contributed by atoms with E-state index < -0.39 is 5.82 Å². The van der Waals surface area contributed by atoms with Gasteiger partial charge in [0.1, 0.15) is 18.0 Å². The molecule has 10 heteroatoms. The van der Waals surface area contributed by atoms with E-state index >= 15 is 0 Å². The third-order valence-electron chi connectivity index (χ3n) is 6.01. The summed E-state index contributed by atoms with van der Waals surface area (Å²) in [6.07, 6.45) is 7.01. The number of anilines is 1. The van der Waals surface area contributed by atoms with Crippen LogP contribution in [0.15, 0.2) is 43.0 Å². The monoisotopic (exact) mass is 510 g/mol. The van der Waals surface area contributed by atoms with E-state index in [1.807, 2.05) is 19.2 Å². The lowest BCUT2D eigenvalue weighted by Crippen LogP contribution is -2.23. The smallest absolute Gasteiger partial charge is 0.251 e. The Morgan fingerprint density at radius 3 is 2.74 bits per heavy atom. The Morgan fingerprint density at radius 1 is 1.20 bits per heavy atom. The van der Waals surface area contributed by atoms with Crippen molar-refractivity contribution in [3.05, 3.63) is 64.9 Å². The molecule has 4 aromatic rings. The van der Waals surface area contributed by atoms with Gasteiger partial charge in [0.05, 0.1) is 26.7 Å². The summed E-state index contributed by atoms with van der Waals surface area (Å²) >= 11 is 3.35. The van der Waals surface area contributed by atoms with Crippen molar-refractivity contribution in [2.75, 3.05) is 30.9 Å². The number of aromatic nitrogens is 4. The number of fused-ring (bicyclic) bond motifs is 1. The number of aryl methyl sites for hydroxylation is 1. The second-order valence-electron chi connectivity index (χ2n) is 8.21. The molecule has 2 atom stereocenters. The number of thioether (sulfide) groups is 1. The van der Waals surface area contributed by atoms with Gasteiger partial charge in [-0.25, -0.2) is 19.3 Å². The molecular formula is C25H27FN6OS2. The van der Waals surface area contributed by atoms with Crippen molar-refractivity contribution >= 4 is 45.7 Å². The fraction of sp³-hybridized carbons (Fsp3) is 0.320. The largest absolute Gasteiger partial charge is 0.370 e. The number of carbonyl (C=O) groups excluding carboxylic acids is 1. The number of thiazole rings is 1. The maximum Gasteiger partial charge on any atom is 0.251 e. The van der Waals surface area contributed by atoms with E-state index in [2.05, 4.69) is 43.7 Å². The number of rotatable bonds is 9. The fourth-order valence-corrected chi connectivity index (χ4v) is 5.67. The summed E-state index contributed by atoms with van der Waals surface area (Å²) < 4.78 is 14.8. The minimum Gasteiger partial charge on any atom is -0.370 e. The standard InChI is InChI=1S/C25H27FN6OS2/c1-14(17-5-6-19(26)23-18(25(33)27-3)7-8-28-24(17)23)16(12-34-4)10-30-22-9-20(31-13-32-22)21-11-29-15(2)35-21/h5-9,11,13-14,16H,10,12H2,1-4H3,(H,27,33)(H,30,31,32). The van der Waals surface area contributed by atoms with Gasteiger partial charge < -0.3 is 10.6 Å². The number of halogens is 1. The Morgan fingerprint density at radius 2 is 2.03 bits per heavy atom. The van der Waals surface area contributed by atoms with Crippen LogP contribution in [0.4, 0.5) is 10.2 Å². The van der Waals surface area contributed by atoms with Gasteiger partial charge in [-0.15, -0.1) is 11.3 Å². The van der Waals surface area contributed by atoms with Crippen molar-refractivity contribution in [3.8, 4) is 10.6 Å². The van der Waals surface area contributed by atoms with Crippen LogP contribution in [0.5, 0.6) is 0 Å². The van der Waals surface area contributed by atoms with Crippen molar-refractivity contribution in [1.29, 1.82) is 0 Å². The van der Waals surface area contributed by atoms with E-state index in [4.69, 9.17) is 0 Å². The molecule has 0 spiro atoms. The molecule has 2 N–H and O–H groups in total. The Kier molecular flexibility index (Phi) is 7.92. The van der Waals surface area contributed by atoms with E-state index in [-0.39, 0.29) is 28.7 Å². The van der Waals surface area contributed by atoms with Crippen LogP contribution in [0.3, 0.4) is 0 Å². The summed E-state index contributed by atoms with van der Waals surface area (Å²) in [7, 11) is 1.54. The number of carbonyl (C=O) groups is 1. The number of hydrogen-bond acceptors (Lipinski definition) is 8. The minimum absolute atomic E-state index is 0.0518. The molecule has 3 aromatic heterocycles. The van der Waals surface area contributed by atoms with Crippen molar-refractivity contribution in [2.45, 2.75) is 19.8 Å². The molecule has 4 rings (SSSR count). The van der Waals surface area contributed by atoms with E-state index in [9.17, 15) is 9.18 Å². The van der Waals surface area contributed by atoms with Crippen molar-refractivity contribution < 1.29 is 9.18 Å². The second kappa shape index (κ2) is 11.1. The zero-order valence-corrected chi connectivity index (χ0v) is 21.6. The molecule has 7 nitrogen and oxygen atoms in total. The predicted molar refractivity (Wildman–Crippen MR) is 142 cm³/mol. The Bertz CT molecular complexity index is 1340. The van der Waals surface area contributed by atoms with Gasteiger partial charge in [0, 0.05) is 37.4 Å². The molecule has 0 aliphatic rings. The van der Waals surface area contributed by atoms with E-state index in [0.717, 1.165) is 32.7 Å². The molecule has 2 unspecified atom stereocenters. The number of amides is 1. The maximum absolute atomic E-state index is 14.8. The van der Waals surface area contributed by atoms with E-state index in [0.29, 0.717) is 12.1 Å². The highest BCUT2D eigenvalue weighted by atomic mass is 32.2. The lowest BCUT2D eigenvalue weighted by molar-refractivity contribution is 0.0964. The summed E-state index contributed by atoms with van der Waals surface area (Å²) in [4.78, 5) is 30.9. The topological polar surface area (TPSA) is 92.7 Å². The zero-order valence-electron chi connectivity index (χ0n) is 20.0. The number of benzene rings is 1. The van der Waals surface area contributed by atoms with E-state index in [1.54, 1.807) is 47.8 Å². The van der Waals surface area contributed by atoms with Crippen molar-refractivity contribution in [1.82, 2.24) is 25.3 Å². The zero-order chi connectivity index (χ0) is 24.9. The van der Waals surface area contributed by atoms with Crippen LogP contribution in [0.2, 0.25) is 0 Å². The van der Waals surface area contributed by atoms with Crippen LogP contribution in [0.1, 0.15) is 33.8 Å². The van der Waals surface area contributed by atoms with Gasteiger partial charge in [0.15, 0.2) is 0 Å². The maximum atomic E-state index is 14.8. The number of nitrogens with one attached hydrogen (secondary N) is 2. The Balaban J connectivity index is 1.61. The van der Waals surface area contributed by atoms with Gasteiger partial charge in [-0.2, -0.15) is 11.8 Å². The van der Waals surface area contributed by atoms with Crippen LogP contribution in [-0.4, -0.2) is 51.4 Å². The second-order valence-corrected chi connectivity index (χ2v) is 10.4. The summed E-state index contributed by atoms with van der Waals surface area (Å²) in [6, 6.07) is 6.69. The lowest BCUT2D eigenvalue weighted by atomic mass is 9.86. The molecule has 0 bridgehead atoms. The summed E-state index contributed by atoms with van der Waals surface area (Å²) in [5.41, 5.74) is 2.56. The first-order valence-electron chi connectivity index (χ1n) is 11.2. The molecule has 35 heavy (non-hydrogen) atoms. The highest BCUT2D eigenvalue weighted by molar-refractivity contribution is 7.98. The molecule has 0 radical (unpaired) electrons. The molecular weight excluding hydrogens is 483 g/mol. The van der Waals surface area contributed by atoms with Crippen LogP contribution >= 0.6 is 23.1 Å². The minimum atomic E-state index is -0.450. The number of pyridine rings is 1. The molecule has 1 amide bonds. The molecule has 1 aromatic carbocycles. The van der Waals surface area contributed by atoms with Crippen LogP contribution in [0.25, 0.3) is 21.5 Å². The van der Waals surface area contributed by atoms with Gasteiger partial charge in [0.25, 0.3) is 5.91 Å². The molecule has 0 saturated carbocycles. The average Bonchev–Trinajstić information content (AvgIpc) is 3.32. The predicted octanol–water partition coefficient (Wildman–Crippen LogP) is 5.15. The summed E-state index contributed by atoms with van der Waals surface area (Å²) in [5, 5.41) is 7.29. The van der Waals surface area contributed by atoms with Gasteiger partial charge in [0.2, 0.25) is 0 Å². The van der Waals surface area contributed by atoms with E-state index in [1.165, 1.54) is 13.1 Å². The van der Waals surface area contributed by atoms with Crippen molar-refractivity contribution in [3.63, 3.8) is 0 Å². The van der Waals surface area contributed by atoms with Gasteiger partial charge in [-0.1, -0.05) is 13.0 Å². The fourth-order valence-electron chi connectivity index (χ4n) is 4.09. The van der Waals surface area contributed by atoms with Gasteiger partial charge >= 0.3 is 0 Å². The molecule has 182 valence electrons. The average molecular weight is 511 g/mol. The third kappa shape index (κ3) is 5.43. The highest BCUT2D eigenvalue weighted by Gasteiger charge is 2.24. The van der Waals surface area contributed by atoms with Crippen LogP contribution in [-0.2, 0) is 0 Å². The number of nitrogens with zero attached hydrogens (tertiary/aromatic N) is 4. The molecule has 3 heterocycles. The molecule has 0 saturated heterocycles. The first-order valence-corrected chi connectivity index (χ1v) is 13.4. The van der Waals surface area contributed by atoms with Crippen molar-refractivity contribution in [2.24, 2.45) is 5.92 Å². The summed E-state index contributed by atoms with van der Waals surface area (Å²) in [5.74, 6) is 1.09. The van der Waals surface area contributed by atoms with Gasteiger partial charge in [-0.05, 0) is 48.5 Å². The first kappa shape index (κ1) is 25.0. The molecule has 0 aliphatic carbocycles. The summed E-state index contributed by atoms with van der Waals surface area (Å²) in [6.45, 7) is 4.75. The number of hydrogen-bond donors (Lipinski definition) is 2. The highest BCUT2D eigenvalue weighted by Crippen LogP contribution is 2.34. The quantitative estimate of drug-likeness (QED) is 0.322. The van der Waals surface area contributed by atoms with Gasteiger partial charge in [-0.3, -0.25) is 9.78 Å². The first-order chi connectivity index (χ1) is 16.9. The lowest BCUT2D eigenvalue weighted by Gasteiger charge is -2.25. The normalized spacial score (nSPS) is 12.9. The SMILES string of the molecule is CNC(=O)c1ccnc2c(C(C)C(CNc3cc(-c4cnc(C)s4)ncn3)CSC)ccc(F)c12. The molecule has 0 fully saturated rings. The third-order valence-corrected chi connectivity index (χ3v) is 7.71. The molecule has 0 aliphatic heterocycles. The Labute approximate surface area is 212 Å². The Hall–Kier alpha value is -3.11. The van der Waals surface area contributed by atoms with Crippen LogP contribution < -0.4 is 10.6 Å². The van der Waals surface area contributed by atoms with Crippen LogP contribution in [0, 0.1) is 18.7 Å².